The van der Waals surface area contributed by atoms with Gasteiger partial charge in [0.05, 0.1) is 20.0 Å². The number of nitrogens with zero attached hydrogens (tertiary/aromatic N) is 1. The van der Waals surface area contributed by atoms with Gasteiger partial charge in [0.1, 0.15) is 0 Å². The molecule has 0 aliphatic heterocycles. The number of sulfonamides is 2. The molecule has 0 bridgehead atoms. The highest BCUT2D eigenvalue weighted by molar-refractivity contribution is 7.89. The van der Waals surface area contributed by atoms with Crippen LogP contribution in [0.5, 0.6) is 0 Å². The first-order valence-electron chi connectivity index (χ1n) is 9.58. The summed E-state index contributed by atoms with van der Waals surface area (Å²) in [5.41, 5.74) is 0.799. The number of carbonyl (C=O) groups excluding carboxylic acids is 1. The summed E-state index contributed by atoms with van der Waals surface area (Å²) < 4.78 is 54.3. The fourth-order valence-corrected chi connectivity index (χ4v) is 5.78. The maximum absolute atomic E-state index is 12.5. The summed E-state index contributed by atoms with van der Waals surface area (Å²) in [7, 11) is -7.29. The van der Waals surface area contributed by atoms with E-state index in [4.69, 9.17) is 0 Å². The van der Waals surface area contributed by atoms with Crippen molar-refractivity contribution < 1.29 is 21.6 Å². The normalized spacial score (nSPS) is 12.0. The van der Waals surface area contributed by atoms with Crippen LogP contribution in [0.4, 0.5) is 5.13 Å². The largest absolute Gasteiger partial charge is 0.298 e. The van der Waals surface area contributed by atoms with Crippen molar-refractivity contribution in [3.05, 3.63) is 60.7 Å². The van der Waals surface area contributed by atoms with Gasteiger partial charge in [-0.3, -0.25) is 10.1 Å². The highest BCUT2D eigenvalue weighted by Crippen LogP contribution is 2.28. The predicted molar refractivity (Wildman–Crippen MR) is 125 cm³/mol. The number of hydrogen-bond donors (Lipinski definition) is 3. The number of benzene rings is 2. The lowest BCUT2D eigenvalue weighted by atomic mass is 10.2. The highest BCUT2D eigenvalue weighted by atomic mass is 32.2. The topological polar surface area (TPSA) is 134 Å². The number of rotatable bonds is 10. The van der Waals surface area contributed by atoms with Gasteiger partial charge in [0.25, 0.3) is 5.91 Å². The molecule has 2 aromatic carbocycles. The molecule has 32 heavy (non-hydrogen) atoms. The predicted octanol–water partition coefficient (Wildman–Crippen LogP) is 2.70. The molecule has 0 atom stereocenters. The fraction of sp³-hybridized carbons (Fsp3) is 0.200. The summed E-state index contributed by atoms with van der Waals surface area (Å²) in [4.78, 5) is 17.0. The number of aromatic nitrogens is 1. The van der Waals surface area contributed by atoms with Crippen LogP contribution in [-0.2, 0) is 20.0 Å². The SMILES string of the molecule is C=CCNS(=O)(=O)c1ccc(C(=O)Nc2nc3ccc(S(=O)(=O)NCCC)cc3s2)cc1. The first kappa shape index (κ1) is 24.0. The van der Waals surface area contributed by atoms with Crippen LogP contribution in [0.1, 0.15) is 23.7 Å². The third-order valence-electron chi connectivity index (χ3n) is 4.28. The second kappa shape index (κ2) is 9.88. The third-order valence-corrected chi connectivity index (χ3v) is 8.11. The van der Waals surface area contributed by atoms with Crippen LogP contribution in [0.25, 0.3) is 10.2 Å². The van der Waals surface area contributed by atoms with E-state index in [0.29, 0.717) is 28.3 Å². The molecule has 12 heteroatoms. The van der Waals surface area contributed by atoms with Gasteiger partial charge in [-0.25, -0.2) is 31.3 Å². The Hall–Kier alpha value is -2.64. The Labute approximate surface area is 190 Å². The summed E-state index contributed by atoms with van der Waals surface area (Å²) in [5.74, 6) is -0.468. The van der Waals surface area contributed by atoms with Gasteiger partial charge in [0.2, 0.25) is 20.0 Å². The number of nitrogens with one attached hydrogen (secondary N) is 3. The van der Waals surface area contributed by atoms with Crippen LogP contribution >= 0.6 is 11.3 Å². The number of hydrogen-bond acceptors (Lipinski definition) is 7. The van der Waals surface area contributed by atoms with Crippen LogP contribution < -0.4 is 14.8 Å². The molecule has 1 heterocycles. The summed E-state index contributed by atoms with van der Waals surface area (Å²) in [5, 5.41) is 2.95. The van der Waals surface area contributed by atoms with E-state index in [9.17, 15) is 21.6 Å². The summed E-state index contributed by atoms with van der Waals surface area (Å²) in [6.45, 7) is 5.77. The molecule has 0 fully saturated rings. The van der Waals surface area contributed by atoms with Crippen molar-refractivity contribution in [2.75, 3.05) is 18.4 Å². The zero-order chi connectivity index (χ0) is 23.4. The molecule has 9 nitrogen and oxygen atoms in total. The monoisotopic (exact) mass is 494 g/mol. The fourth-order valence-electron chi connectivity index (χ4n) is 2.65. The van der Waals surface area contributed by atoms with E-state index < -0.39 is 26.0 Å². The van der Waals surface area contributed by atoms with E-state index >= 15 is 0 Å². The first-order chi connectivity index (χ1) is 15.2. The molecular formula is C20H22N4O5S3. The molecule has 0 saturated heterocycles. The molecule has 3 rings (SSSR count). The molecule has 0 aliphatic carbocycles. The zero-order valence-electron chi connectivity index (χ0n) is 17.2. The Kier molecular flexibility index (Phi) is 7.41. The standard InChI is InChI=1S/C20H22N4O5S3/c1-3-11-21-31(26,27)15-7-5-14(6-8-15)19(25)24-20-23-17-10-9-16(13-18(17)30-20)32(28,29)22-12-4-2/h3,5-10,13,21-22H,1,4,11-12H2,2H3,(H,23,24,25). The van der Waals surface area contributed by atoms with Crippen LogP contribution in [0.15, 0.2) is 64.9 Å². The highest BCUT2D eigenvalue weighted by Gasteiger charge is 2.17. The van der Waals surface area contributed by atoms with Gasteiger partial charge in [0, 0.05) is 18.7 Å². The minimum Gasteiger partial charge on any atom is -0.298 e. The molecule has 0 radical (unpaired) electrons. The molecule has 3 N–H and O–H groups in total. The van der Waals surface area contributed by atoms with Gasteiger partial charge in [-0.05, 0) is 48.9 Å². The van der Waals surface area contributed by atoms with Gasteiger partial charge < -0.3 is 0 Å². The maximum atomic E-state index is 12.5. The van der Waals surface area contributed by atoms with Gasteiger partial charge in [-0.15, -0.1) is 6.58 Å². The lowest BCUT2D eigenvalue weighted by Gasteiger charge is -2.06. The molecule has 0 aliphatic rings. The summed E-state index contributed by atoms with van der Waals surface area (Å²) >= 11 is 1.14. The van der Waals surface area contributed by atoms with Crippen molar-refractivity contribution in [3.8, 4) is 0 Å². The Balaban J connectivity index is 1.76. The maximum Gasteiger partial charge on any atom is 0.257 e. The molecule has 0 spiro atoms. The van der Waals surface area contributed by atoms with Crippen molar-refractivity contribution in [1.29, 1.82) is 0 Å². The molecule has 1 aromatic heterocycles. The van der Waals surface area contributed by atoms with E-state index in [2.05, 4.69) is 26.3 Å². The Morgan fingerprint density at radius 3 is 2.34 bits per heavy atom. The Bertz CT molecular complexity index is 1350. The quantitative estimate of drug-likeness (QED) is 0.371. The number of carbonyl (C=O) groups is 1. The van der Waals surface area contributed by atoms with Gasteiger partial charge in [0.15, 0.2) is 5.13 Å². The van der Waals surface area contributed by atoms with E-state index in [1.165, 1.54) is 42.5 Å². The van der Waals surface area contributed by atoms with Crippen LogP contribution in [-0.4, -0.2) is 40.8 Å². The Morgan fingerprint density at radius 2 is 1.69 bits per heavy atom. The molecule has 170 valence electrons. The average Bonchev–Trinajstić information content (AvgIpc) is 3.18. The van der Waals surface area contributed by atoms with Crippen LogP contribution in [0.3, 0.4) is 0 Å². The third kappa shape index (κ3) is 5.58. The van der Waals surface area contributed by atoms with E-state index in [-0.39, 0.29) is 21.9 Å². The van der Waals surface area contributed by atoms with Crippen molar-refractivity contribution in [3.63, 3.8) is 0 Å². The van der Waals surface area contributed by atoms with Gasteiger partial charge >= 0.3 is 0 Å². The first-order valence-corrected chi connectivity index (χ1v) is 13.4. The molecule has 0 saturated carbocycles. The van der Waals surface area contributed by atoms with Gasteiger partial charge in [-0.2, -0.15) is 0 Å². The minimum atomic E-state index is -3.68. The molecule has 3 aromatic rings. The van der Waals surface area contributed by atoms with E-state index in [1.54, 1.807) is 6.07 Å². The minimum absolute atomic E-state index is 0.0290. The molecular weight excluding hydrogens is 472 g/mol. The van der Waals surface area contributed by atoms with Crippen molar-refractivity contribution in [2.24, 2.45) is 0 Å². The van der Waals surface area contributed by atoms with E-state index in [0.717, 1.165) is 11.3 Å². The number of fused-ring (bicyclic) bond motifs is 1. The lowest BCUT2D eigenvalue weighted by Crippen LogP contribution is -2.24. The number of anilines is 1. The average molecular weight is 495 g/mol. The van der Waals surface area contributed by atoms with Crippen molar-refractivity contribution in [1.82, 2.24) is 14.4 Å². The smallest absolute Gasteiger partial charge is 0.257 e. The van der Waals surface area contributed by atoms with Crippen LogP contribution in [0, 0.1) is 0 Å². The van der Waals surface area contributed by atoms with E-state index in [1.807, 2.05) is 6.92 Å². The molecule has 1 amide bonds. The zero-order valence-corrected chi connectivity index (χ0v) is 19.6. The van der Waals surface area contributed by atoms with Gasteiger partial charge in [-0.1, -0.05) is 24.3 Å². The lowest BCUT2D eigenvalue weighted by molar-refractivity contribution is 0.102. The molecule has 0 unspecified atom stereocenters. The Morgan fingerprint density at radius 1 is 1.03 bits per heavy atom. The summed E-state index contributed by atoms with van der Waals surface area (Å²) in [6.07, 6.45) is 2.11. The number of amides is 1. The van der Waals surface area contributed by atoms with Crippen molar-refractivity contribution >= 4 is 52.6 Å². The summed E-state index contributed by atoms with van der Waals surface area (Å²) in [6, 6.07) is 10.0. The van der Waals surface area contributed by atoms with Crippen molar-refractivity contribution in [2.45, 2.75) is 23.1 Å². The van der Waals surface area contributed by atoms with Crippen LogP contribution in [0.2, 0.25) is 0 Å². The second-order valence-corrected chi connectivity index (χ2v) is 11.2. The number of thiazole rings is 1. The second-order valence-electron chi connectivity index (χ2n) is 6.67.